The van der Waals surface area contributed by atoms with Crippen molar-refractivity contribution in [2.24, 2.45) is 0 Å². The lowest BCUT2D eigenvalue weighted by Crippen LogP contribution is -1.99. The van der Waals surface area contributed by atoms with Gasteiger partial charge >= 0.3 is 5.97 Å². The second-order valence-electron chi connectivity index (χ2n) is 2.78. The summed E-state index contributed by atoms with van der Waals surface area (Å²) in [6, 6.07) is 7.09. The second-order valence-corrected chi connectivity index (χ2v) is 2.78. The summed E-state index contributed by atoms with van der Waals surface area (Å²) < 4.78 is 0. The molecule has 1 aliphatic rings. The number of rotatable bonds is 2. The van der Waals surface area contributed by atoms with Crippen LogP contribution in [0.1, 0.15) is 22.3 Å². The SMILES string of the molecule is O=C(O)c1ccccc1C1=CC1. The van der Waals surface area contributed by atoms with Crippen LogP contribution in [0.5, 0.6) is 0 Å². The Kier molecular flexibility index (Phi) is 1.47. The molecule has 12 heavy (non-hydrogen) atoms. The van der Waals surface area contributed by atoms with Crippen LogP contribution >= 0.6 is 0 Å². The van der Waals surface area contributed by atoms with Crippen LogP contribution in [-0.2, 0) is 0 Å². The Balaban J connectivity index is 2.51. The summed E-state index contributed by atoms with van der Waals surface area (Å²) in [5.74, 6) is -0.849. The fraction of sp³-hybridized carbons (Fsp3) is 0.100. The first-order valence-electron chi connectivity index (χ1n) is 3.81. The zero-order chi connectivity index (χ0) is 8.55. The molecule has 1 aromatic carbocycles. The molecule has 1 aromatic rings. The normalized spacial score (nSPS) is 13.8. The van der Waals surface area contributed by atoms with E-state index in [1.807, 2.05) is 18.2 Å². The Morgan fingerprint density at radius 1 is 1.33 bits per heavy atom. The molecule has 2 rings (SSSR count). The molecule has 0 aromatic heterocycles. The van der Waals surface area contributed by atoms with Gasteiger partial charge in [-0.15, -0.1) is 0 Å². The highest BCUT2D eigenvalue weighted by atomic mass is 16.4. The molecule has 0 saturated heterocycles. The molecule has 60 valence electrons. The van der Waals surface area contributed by atoms with Crippen molar-refractivity contribution < 1.29 is 9.90 Å². The maximum absolute atomic E-state index is 10.7. The third-order valence-electron chi connectivity index (χ3n) is 1.91. The summed E-state index contributed by atoms with van der Waals surface area (Å²) in [5, 5.41) is 8.82. The molecule has 2 nitrogen and oxygen atoms in total. The van der Waals surface area contributed by atoms with E-state index in [-0.39, 0.29) is 0 Å². The van der Waals surface area contributed by atoms with Crippen molar-refractivity contribution in [1.82, 2.24) is 0 Å². The number of benzene rings is 1. The Bertz CT molecular complexity index is 343. The van der Waals surface area contributed by atoms with Crippen LogP contribution < -0.4 is 0 Å². The summed E-state index contributed by atoms with van der Waals surface area (Å²) in [6.07, 6.45) is 2.96. The molecule has 0 fully saturated rings. The van der Waals surface area contributed by atoms with Gasteiger partial charge in [-0.05, 0) is 23.6 Å². The molecule has 1 N–H and O–H groups in total. The second kappa shape index (κ2) is 2.48. The molecule has 0 amide bonds. The average Bonchev–Trinajstić information content (AvgIpc) is 2.87. The molecule has 0 bridgehead atoms. The maximum Gasteiger partial charge on any atom is 0.336 e. The number of hydrogen-bond donors (Lipinski definition) is 1. The van der Waals surface area contributed by atoms with E-state index in [4.69, 9.17) is 5.11 Å². The minimum atomic E-state index is -0.849. The van der Waals surface area contributed by atoms with E-state index >= 15 is 0 Å². The van der Waals surface area contributed by atoms with Crippen molar-refractivity contribution in [3.05, 3.63) is 41.5 Å². The molecule has 0 spiro atoms. The predicted octanol–water partition coefficient (Wildman–Crippen LogP) is 2.17. The van der Waals surface area contributed by atoms with Gasteiger partial charge in [0.2, 0.25) is 0 Å². The van der Waals surface area contributed by atoms with Gasteiger partial charge in [-0.1, -0.05) is 24.3 Å². The zero-order valence-electron chi connectivity index (χ0n) is 6.45. The fourth-order valence-corrected chi connectivity index (χ4v) is 1.22. The minimum absolute atomic E-state index is 0.404. The van der Waals surface area contributed by atoms with Crippen LogP contribution in [0.2, 0.25) is 0 Å². The fourth-order valence-electron chi connectivity index (χ4n) is 1.22. The first kappa shape index (κ1) is 7.10. The quantitative estimate of drug-likeness (QED) is 0.719. The van der Waals surface area contributed by atoms with Crippen molar-refractivity contribution in [2.75, 3.05) is 0 Å². The van der Waals surface area contributed by atoms with E-state index in [9.17, 15) is 4.79 Å². The van der Waals surface area contributed by atoms with E-state index in [0.717, 1.165) is 17.6 Å². The van der Waals surface area contributed by atoms with Crippen LogP contribution in [0.3, 0.4) is 0 Å². The van der Waals surface area contributed by atoms with E-state index in [2.05, 4.69) is 0 Å². The van der Waals surface area contributed by atoms with Crippen molar-refractivity contribution in [3.8, 4) is 0 Å². The molecule has 2 heteroatoms. The first-order valence-corrected chi connectivity index (χ1v) is 3.81. The number of carboxylic acids is 1. The first-order chi connectivity index (χ1) is 5.79. The monoisotopic (exact) mass is 160 g/mol. The predicted molar refractivity (Wildman–Crippen MR) is 46.0 cm³/mol. The van der Waals surface area contributed by atoms with Crippen LogP contribution in [-0.4, -0.2) is 11.1 Å². The third-order valence-corrected chi connectivity index (χ3v) is 1.91. The van der Waals surface area contributed by atoms with Crippen LogP contribution in [0.4, 0.5) is 0 Å². The highest BCUT2D eigenvalue weighted by molar-refractivity contribution is 5.96. The van der Waals surface area contributed by atoms with Gasteiger partial charge in [0.1, 0.15) is 0 Å². The minimum Gasteiger partial charge on any atom is -0.478 e. The Morgan fingerprint density at radius 2 is 2.00 bits per heavy atom. The van der Waals surface area contributed by atoms with Gasteiger partial charge in [-0.3, -0.25) is 0 Å². The third kappa shape index (κ3) is 1.11. The van der Waals surface area contributed by atoms with Gasteiger partial charge in [0.05, 0.1) is 5.56 Å². The summed E-state index contributed by atoms with van der Waals surface area (Å²) >= 11 is 0. The summed E-state index contributed by atoms with van der Waals surface area (Å²) in [5.41, 5.74) is 2.42. The van der Waals surface area contributed by atoms with Crippen LogP contribution in [0.25, 0.3) is 5.57 Å². The summed E-state index contributed by atoms with van der Waals surface area (Å²) in [7, 11) is 0. The Hall–Kier alpha value is -1.57. The molecular formula is C10H8O2. The van der Waals surface area contributed by atoms with Crippen molar-refractivity contribution >= 4 is 11.5 Å². The zero-order valence-corrected chi connectivity index (χ0v) is 6.45. The lowest BCUT2D eigenvalue weighted by atomic mass is 10.1. The van der Waals surface area contributed by atoms with Crippen molar-refractivity contribution in [1.29, 1.82) is 0 Å². The molecule has 0 atom stereocenters. The Labute approximate surface area is 70.2 Å². The van der Waals surface area contributed by atoms with E-state index in [1.165, 1.54) is 0 Å². The number of allylic oxidation sites excluding steroid dienone is 2. The molecule has 0 unspecified atom stereocenters. The van der Waals surface area contributed by atoms with Crippen molar-refractivity contribution in [3.63, 3.8) is 0 Å². The number of carboxylic acid groups (broad SMARTS) is 1. The van der Waals surface area contributed by atoms with Gasteiger partial charge < -0.3 is 5.11 Å². The summed E-state index contributed by atoms with van der Waals surface area (Å²) in [6.45, 7) is 0. The van der Waals surface area contributed by atoms with Gasteiger partial charge in [0, 0.05) is 0 Å². The molecule has 0 aliphatic heterocycles. The van der Waals surface area contributed by atoms with Gasteiger partial charge in [0.15, 0.2) is 0 Å². The molecule has 1 aliphatic carbocycles. The van der Waals surface area contributed by atoms with Gasteiger partial charge in [0.25, 0.3) is 0 Å². The van der Waals surface area contributed by atoms with Gasteiger partial charge in [-0.2, -0.15) is 0 Å². The topological polar surface area (TPSA) is 37.3 Å². The van der Waals surface area contributed by atoms with E-state index < -0.39 is 5.97 Å². The molecule has 0 saturated carbocycles. The van der Waals surface area contributed by atoms with Crippen LogP contribution in [0, 0.1) is 0 Å². The highest BCUT2D eigenvalue weighted by Gasteiger charge is 2.16. The summed E-state index contributed by atoms with van der Waals surface area (Å²) in [4.78, 5) is 10.7. The lowest BCUT2D eigenvalue weighted by Gasteiger charge is -1.99. The molecular weight excluding hydrogens is 152 g/mol. The Morgan fingerprint density at radius 3 is 2.58 bits per heavy atom. The standard InChI is InChI=1S/C10H8O2/c11-10(12)9-4-2-1-3-8(9)7-5-6-7/h1-5H,6H2,(H,11,12). The molecule has 0 heterocycles. The van der Waals surface area contributed by atoms with Crippen LogP contribution in [0.15, 0.2) is 30.3 Å². The number of hydrogen-bond acceptors (Lipinski definition) is 1. The number of aromatic carboxylic acids is 1. The molecule has 0 radical (unpaired) electrons. The van der Waals surface area contributed by atoms with Gasteiger partial charge in [-0.25, -0.2) is 4.79 Å². The largest absolute Gasteiger partial charge is 0.478 e. The van der Waals surface area contributed by atoms with E-state index in [0.29, 0.717) is 5.56 Å². The van der Waals surface area contributed by atoms with Crippen molar-refractivity contribution in [2.45, 2.75) is 6.42 Å². The maximum atomic E-state index is 10.7. The number of carbonyl (C=O) groups is 1. The van der Waals surface area contributed by atoms with E-state index in [1.54, 1.807) is 12.1 Å². The smallest absolute Gasteiger partial charge is 0.336 e. The average molecular weight is 160 g/mol. The highest BCUT2D eigenvalue weighted by Crippen LogP contribution is 2.32. The lowest BCUT2D eigenvalue weighted by molar-refractivity contribution is 0.0696.